The fourth-order valence-electron chi connectivity index (χ4n) is 3.09. The zero-order valence-electron chi connectivity index (χ0n) is 15.4. The molecule has 0 bridgehead atoms. The maximum atomic E-state index is 6.03. The first-order chi connectivity index (χ1) is 11.3. The molecule has 0 aromatic heterocycles. The van der Waals surface area contributed by atoms with Crippen molar-refractivity contribution in [2.24, 2.45) is 0 Å². The van der Waals surface area contributed by atoms with Crippen molar-refractivity contribution in [2.75, 3.05) is 13.2 Å². The van der Waals surface area contributed by atoms with Crippen molar-refractivity contribution in [3.8, 4) is 0 Å². The zero-order chi connectivity index (χ0) is 16.8. The lowest BCUT2D eigenvalue weighted by Gasteiger charge is -2.25. The molecule has 23 heavy (non-hydrogen) atoms. The number of hydrogen-bond donors (Lipinski definition) is 0. The first-order valence-electron chi connectivity index (χ1n) is 9.61. The van der Waals surface area contributed by atoms with Gasteiger partial charge in [0.05, 0.1) is 0 Å². The number of unbranched alkanes of at least 4 members (excludes halogenated alkanes) is 6. The molecule has 0 aliphatic carbocycles. The second-order valence-electron chi connectivity index (χ2n) is 6.21. The highest BCUT2D eigenvalue weighted by Crippen LogP contribution is 2.27. The maximum Gasteiger partial charge on any atom is 0.329 e. The van der Waals surface area contributed by atoms with Crippen LogP contribution < -0.4 is 0 Å². The normalized spacial score (nSPS) is 12.7. The molecule has 0 saturated carbocycles. The number of rotatable bonds is 14. The van der Waals surface area contributed by atoms with Crippen LogP contribution in [0.25, 0.3) is 0 Å². The Bertz CT molecular complexity index is 363. The third kappa shape index (κ3) is 8.68. The second kappa shape index (κ2) is 13.8. The van der Waals surface area contributed by atoms with E-state index in [-0.39, 0.29) is 0 Å². The summed E-state index contributed by atoms with van der Waals surface area (Å²) < 4.78 is 12.1. The van der Waals surface area contributed by atoms with Crippen molar-refractivity contribution in [1.29, 1.82) is 0 Å². The predicted octanol–water partition coefficient (Wildman–Crippen LogP) is 5.74. The third-order valence-corrected chi connectivity index (χ3v) is 7.04. The Labute approximate surface area is 145 Å². The Hall–Kier alpha value is -0.643. The molecule has 1 unspecified atom stereocenters. The molecule has 1 rings (SSSR count). The van der Waals surface area contributed by atoms with E-state index in [1.54, 1.807) is 0 Å². The van der Waals surface area contributed by atoms with Gasteiger partial charge in [0.25, 0.3) is 0 Å². The minimum atomic E-state index is -1.65. The van der Waals surface area contributed by atoms with Gasteiger partial charge in [-0.05, 0) is 25.8 Å². The molecule has 1 aromatic carbocycles. The topological polar surface area (TPSA) is 18.5 Å². The number of benzene rings is 1. The summed E-state index contributed by atoms with van der Waals surface area (Å²) in [7, 11) is -1.65. The lowest BCUT2D eigenvalue weighted by molar-refractivity contribution is 0.202. The Morgan fingerprint density at radius 3 is 1.91 bits per heavy atom. The second-order valence-corrected chi connectivity index (χ2v) is 8.41. The molecule has 3 heteroatoms. The SMILES string of the molecule is CCCCCCCCCC(c1ccccc1)[SiH](OCC)OCC. The summed E-state index contributed by atoms with van der Waals surface area (Å²) in [5.74, 6) is 0. The van der Waals surface area contributed by atoms with E-state index in [1.165, 1.54) is 56.9 Å². The van der Waals surface area contributed by atoms with E-state index < -0.39 is 9.28 Å². The summed E-state index contributed by atoms with van der Waals surface area (Å²) in [5.41, 5.74) is 1.88. The average Bonchev–Trinajstić information content (AvgIpc) is 2.58. The van der Waals surface area contributed by atoms with E-state index in [4.69, 9.17) is 8.85 Å². The van der Waals surface area contributed by atoms with Crippen LogP contribution in [0.4, 0.5) is 0 Å². The van der Waals surface area contributed by atoms with Gasteiger partial charge in [0.2, 0.25) is 0 Å². The Morgan fingerprint density at radius 1 is 0.783 bits per heavy atom. The molecule has 0 radical (unpaired) electrons. The van der Waals surface area contributed by atoms with Crippen LogP contribution in [0.1, 0.15) is 83.2 Å². The van der Waals surface area contributed by atoms with E-state index in [0.29, 0.717) is 5.54 Å². The summed E-state index contributed by atoms with van der Waals surface area (Å²) in [6.45, 7) is 7.95. The van der Waals surface area contributed by atoms with Gasteiger partial charge in [-0.3, -0.25) is 0 Å². The lowest BCUT2D eigenvalue weighted by Crippen LogP contribution is -2.31. The molecule has 0 aliphatic rings. The van der Waals surface area contributed by atoms with Gasteiger partial charge in [0, 0.05) is 18.8 Å². The van der Waals surface area contributed by atoms with Crippen LogP contribution in [0.15, 0.2) is 30.3 Å². The van der Waals surface area contributed by atoms with Gasteiger partial charge in [-0.15, -0.1) is 0 Å². The average molecular weight is 337 g/mol. The smallest absolute Gasteiger partial charge is 0.329 e. The van der Waals surface area contributed by atoms with Crippen LogP contribution >= 0.6 is 0 Å². The van der Waals surface area contributed by atoms with Crippen molar-refractivity contribution in [1.82, 2.24) is 0 Å². The van der Waals surface area contributed by atoms with Crippen LogP contribution in [0.3, 0.4) is 0 Å². The molecule has 1 atom stereocenters. The van der Waals surface area contributed by atoms with Gasteiger partial charge in [-0.25, -0.2) is 0 Å². The fourth-order valence-corrected chi connectivity index (χ4v) is 5.35. The van der Waals surface area contributed by atoms with Crippen LogP contribution in [-0.2, 0) is 8.85 Å². The van der Waals surface area contributed by atoms with E-state index in [2.05, 4.69) is 51.1 Å². The molecule has 0 N–H and O–H groups in total. The van der Waals surface area contributed by atoms with Gasteiger partial charge in [-0.2, -0.15) is 0 Å². The summed E-state index contributed by atoms with van der Waals surface area (Å²) in [5, 5.41) is 0. The monoisotopic (exact) mass is 336 g/mol. The highest BCUT2D eigenvalue weighted by atomic mass is 28.3. The summed E-state index contributed by atoms with van der Waals surface area (Å²) >= 11 is 0. The predicted molar refractivity (Wildman–Crippen MR) is 102 cm³/mol. The van der Waals surface area contributed by atoms with Crippen LogP contribution in [-0.4, -0.2) is 22.5 Å². The van der Waals surface area contributed by atoms with E-state index in [9.17, 15) is 0 Å². The lowest BCUT2D eigenvalue weighted by atomic mass is 10.0. The molecule has 0 aliphatic heterocycles. The van der Waals surface area contributed by atoms with E-state index in [0.717, 1.165) is 13.2 Å². The molecular weight excluding hydrogens is 300 g/mol. The van der Waals surface area contributed by atoms with Crippen LogP contribution in [0.5, 0.6) is 0 Å². The quantitative estimate of drug-likeness (QED) is 0.318. The zero-order valence-corrected chi connectivity index (χ0v) is 16.6. The molecule has 1 aromatic rings. The Morgan fingerprint density at radius 2 is 1.35 bits per heavy atom. The van der Waals surface area contributed by atoms with Gasteiger partial charge < -0.3 is 8.85 Å². The first-order valence-corrected chi connectivity index (χ1v) is 11.2. The van der Waals surface area contributed by atoms with Crippen molar-refractivity contribution in [3.63, 3.8) is 0 Å². The molecule has 0 fully saturated rings. The van der Waals surface area contributed by atoms with E-state index >= 15 is 0 Å². The van der Waals surface area contributed by atoms with Gasteiger partial charge in [0.1, 0.15) is 0 Å². The van der Waals surface area contributed by atoms with Gasteiger partial charge in [-0.1, -0.05) is 82.2 Å². The van der Waals surface area contributed by atoms with Gasteiger partial charge in [0.15, 0.2) is 0 Å². The molecule has 2 nitrogen and oxygen atoms in total. The molecule has 0 saturated heterocycles. The van der Waals surface area contributed by atoms with Crippen molar-refractivity contribution < 1.29 is 8.85 Å². The first kappa shape index (κ1) is 20.4. The Kier molecular flexibility index (Phi) is 12.2. The Balaban J connectivity index is 2.51. The molecule has 132 valence electrons. The summed E-state index contributed by atoms with van der Waals surface area (Å²) in [4.78, 5) is 0. The highest BCUT2D eigenvalue weighted by Gasteiger charge is 2.26. The number of hydrogen-bond acceptors (Lipinski definition) is 2. The largest absolute Gasteiger partial charge is 0.396 e. The fraction of sp³-hybridized carbons (Fsp3) is 0.700. The van der Waals surface area contributed by atoms with Crippen LogP contribution in [0, 0.1) is 0 Å². The van der Waals surface area contributed by atoms with Crippen LogP contribution in [0.2, 0.25) is 0 Å². The van der Waals surface area contributed by atoms with Gasteiger partial charge >= 0.3 is 9.28 Å². The molecule has 0 amide bonds. The maximum absolute atomic E-state index is 6.03. The van der Waals surface area contributed by atoms with Crippen molar-refractivity contribution >= 4 is 9.28 Å². The van der Waals surface area contributed by atoms with E-state index in [1.807, 2.05) is 0 Å². The standard InChI is InChI=1S/C20H36O2Si/c1-4-7-8-9-10-11-15-18-20(19-16-13-12-14-17-19)23(21-5-2)22-6-3/h12-14,16-17,20,23H,4-11,15,18H2,1-3H3. The highest BCUT2D eigenvalue weighted by molar-refractivity contribution is 6.46. The summed E-state index contributed by atoms with van der Waals surface area (Å²) in [6.07, 6.45) is 10.7. The molecular formula is C20H36O2Si. The molecule has 0 heterocycles. The minimum absolute atomic E-state index is 0.478. The van der Waals surface area contributed by atoms with Crippen molar-refractivity contribution in [2.45, 2.75) is 77.7 Å². The minimum Gasteiger partial charge on any atom is -0.396 e. The molecule has 0 spiro atoms. The summed E-state index contributed by atoms with van der Waals surface area (Å²) in [6, 6.07) is 10.8. The third-order valence-electron chi connectivity index (χ3n) is 4.34. The van der Waals surface area contributed by atoms with Crippen molar-refractivity contribution in [3.05, 3.63) is 35.9 Å².